The first kappa shape index (κ1) is 15.0. The van der Waals surface area contributed by atoms with Crippen LogP contribution in [-0.2, 0) is 9.47 Å². The van der Waals surface area contributed by atoms with Crippen LogP contribution in [0.5, 0.6) is 0 Å². The average Bonchev–Trinajstić information content (AvgIpc) is 2.98. The zero-order valence-electron chi connectivity index (χ0n) is 12.3. The molecule has 1 aromatic carbocycles. The second-order valence-electron chi connectivity index (χ2n) is 4.80. The average molecular weight is 277 g/mol. The Hall–Kier alpha value is -1.39. The Kier molecular flexibility index (Phi) is 5.15. The van der Waals surface area contributed by atoms with Crippen LogP contribution >= 0.6 is 0 Å². The lowest BCUT2D eigenvalue weighted by molar-refractivity contribution is -0.169. The van der Waals surface area contributed by atoms with Gasteiger partial charge < -0.3 is 14.4 Å². The summed E-state index contributed by atoms with van der Waals surface area (Å²) in [5, 5.41) is 0. The van der Waals surface area contributed by atoms with Gasteiger partial charge in [0.1, 0.15) is 6.29 Å². The molecule has 2 fully saturated rings. The van der Waals surface area contributed by atoms with E-state index < -0.39 is 0 Å². The highest BCUT2D eigenvalue weighted by atomic mass is 16.7. The van der Waals surface area contributed by atoms with E-state index in [2.05, 4.69) is 4.90 Å². The van der Waals surface area contributed by atoms with E-state index in [1.807, 2.05) is 38.1 Å². The molecule has 0 radical (unpaired) electrons. The maximum absolute atomic E-state index is 10.6. The maximum Gasteiger partial charge on any atom is 0.171 e. The van der Waals surface area contributed by atoms with Gasteiger partial charge in [0.2, 0.25) is 0 Å². The molecule has 4 heteroatoms. The topological polar surface area (TPSA) is 38.8 Å². The zero-order chi connectivity index (χ0) is 14.4. The van der Waals surface area contributed by atoms with Crippen LogP contribution in [-0.4, -0.2) is 38.4 Å². The van der Waals surface area contributed by atoms with Crippen molar-refractivity contribution in [2.75, 3.05) is 31.2 Å². The normalized spacial score (nSPS) is 20.4. The molecule has 0 N–H and O–H groups in total. The summed E-state index contributed by atoms with van der Waals surface area (Å²) in [5.74, 6) is -0.320. The van der Waals surface area contributed by atoms with Crippen LogP contribution in [0.15, 0.2) is 24.3 Å². The summed E-state index contributed by atoms with van der Waals surface area (Å²) in [4.78, 5) is 12.9. The highest BCUT2D eigenvalue weighted by Gasteiger charge is 2.39. The predicted molar refractivity (Wildman–Crippen MR) is 79.3 cm³/mol. The van der Waals surface area contributed by atoms with E-state index in [4.69, 9.17) is 9.47 Å². The summed E-state index contributed by atoms with van der Waals surface area (Å²) < 4.78 is 11.4. The van der Waals surface area contributed by atoms with Crippen molar-refractivity contribution in [1.29, 1.82) is 0 Å². The van der Waals surface area contributed by atoms with Crippen molar-refractivity contribution in [2.45, 2.75) is 32.5 Å². The monoisotopic (exact) mass is 277 g/mol. The fourth-order valence-corrected chi connectivity index (χ4v) is 2.65. The Morgan fingerprint density at radius 1 is 1.05 bits per heavy atom. The third-order valence-corrected chi connectivity index (χ3v) is 3.73. The molecule has 2 aliphatic heterocycles. The van der Waals surface area contributed by atoms with Crippen molar-refractivity contribution in [3.63, 3.8) is 0 Å². The molecule has 0 aliphatic carbocycles. The molecule has 0 aromatic heterocycles. The first-order valence-corrected chi connectivity index (χ1v) is 7.39. The molecular weight excluding hydrogens is 254 g/mol. The summed E-state index contributed by atoms with van der Waals surface area (Å²) in [7, 11) is 0. The molecule has 0 amide bonds. The van der Waals surface area contributed by atoms with Gasteiger partial charge in [-0.05, 0) is 24.3 Å². The van der Waals surface area contributed by atoms with Gasteiger partial charge in [0.05, 0.1) is 13.2 Å². The van der Waals surface area contributed by atoms with Crippen molar-refractivity contribution in [1.82, 2.24) is 0 Å². The van der Waals surface area contributed by atoms with Crippen LogP contribution in [0, 0.1) is 0 Å². The van der Waals surface area contributed by atoms with Gasteiger partial charge in [-0.2, -0.15) is 0 Å². The van der Waals surface area contributed by atoms with Gasteiger partial charge in [0.25, 0.3) is 0 Å². The molecule has 20 heavy (non-hydrogen) atoms. The maximum atomic E-state index is 10.6. The van der Waals surface area contributed by atoms with Gasteiger partial charge in [-0.3, -0.25) is 4.79 Å². The Bertz CT molecular complexity index is 414. The minimum atomic E-state index is -0.320. The smallest absolute Gasteiger partial charge is 0.171 e. The SMILES string of the molecule is CC.O=Cc1ccc(N2CCC3(CC2)OCCO3)cc1. The fourth-order valence-electron chi connectivity index (χ4n) is 2.65. The van der Waals surface area contributed by atoms with E-state index in [-0.39, 0.29) is 5.79 Å². The van der Waals surface area contributed by atoms with Crippen LogP contribution < -0.4 is 4.90 Å². The summed E-state index contributed by atoms with van der Waals surface area (Å²) >= 11 is 0. The molecule has 0 unspecified atom stereocenters. The number of carbonyl (C=O) groups is 1. The standard InChI is InChI=1S/C14H17NO3.C2H6/c16-11-12-1-3-13(4-2-12)15-7-5-14(6-8-15)17-9-10-18-14;1-2/h1-4,11H,5-10H2;1-2H3. The van der Waals surface area contributed by atoms with Gasteiger partial charge in [-0.25, -0.2) is 0 Å². The van der Waals surface area contributed by atoms with E-state index in [0.717, 1.165) is 43.5 Å². The van der Waals surface area contributed by atoms with Crippen LogP contribution in [0.2, 0.25) is 0 Å². The van der Waals surface area contributed by atoms with E-state index in [9.17, 15) is 4.79 Å². The van der Waals surface area contributed by atoms with Gasteiger partial charge in [0.15, 0.2) is 5.79 Å². The van der Waals surface area contributed by atoms with Gasteiger partial charge in [-0.1, -0.05) is 13.8 Å². The molecule has 0 saturated carbocycles. The number of carbonyl (C=O) groups excluding carboxylic acids is 1. The van der Waals surface area contributed by atoms with Crippen molar-refractivity contribution < 1.29 is 14.3 Å². The number of nitrogens with zero attached hydrogens (tertiary/aromatic N) is 1. The van der Waals surface area contributed by atoms with Gasteiger partial charge in [-0.15, -0.1) is 0 Å². The minimum absolute atomic E-state index is 0.320. The van der Waals surface area contributed by atoms with E-state index in [0.29, 0.717) is 13.2 Å². The lowest BCUT2D eigenvalue weighted by Crippen LogP contribution is -2.45. The second kappa shape index (κ2) is 6.86. The van der Waals surface area contributed by atoms with Crippen molar-refractivity contribution >= 4 is 12.0 Å². The third kappa shape index (κ3) is 3.19. The summed E-state index contributed by atoms with van der Waals surface area (Å²) in [5.41, 5.74) is 1.88. The molecule has 2 saturated heterocycles. The van der Waals surface area contributed by atoms with Crippen LogP contribution in [0.3, 0.4) is 0 Å². The lowest BCUT2D eigenvalue weighted by atomic mass is 10.0. The first-order chi connectivity index (χ1) is 9.81. The molecular formula is C16H23NO3. The highest BCUT2D eigenvalue weighted by molar-refractivity contribution is 5.75. The lowest BCUT2D eigenvalue weighted by Gasteiger charge is -2.38. The molecule has 0 atom stereocenters. The number of rotatable bonds is 2. The number of hydrogen-bond acceptors (Lipinski definition) is 4. The summed E-state index contributed by atoms with van der Waals surface area (Å²) in [6.07, 6.45) is 2.68. The zero-order valence-corrected chi connectivity index (χ0v) is 12.3. The van der Waals surface area contributed by atoms with Crippen molar-refractivity contribution in [3.05, 3.63) is 29.8 Å². The highest BCUT2D eigenvalue weighted by Crippen LogP contribution is 2.33. The first-order valence-electron chi connectivity index (χ1n) is 7.39. The van der Waals surface area contributed by atoms with Gasteiger partial charge >= 0.3 is 0 Å². The molecule has 1 spiro atoms. The summed E-state index contributed by atoms with van der Waals surface area (Å²) in [6.45, 7) is 7.29. The third-order valence-electron chi connectivity index (χ3n) is 3.73. The molecule has 0 bridgehead atoms. The predicted octanol–water partition coefficient (Wildman–Crippen LogP) is 2.87. The Morgan fingerprint density at radius 3 is 2.10 bits per heavy atom. The molecule has 1 aromatic rings. The molecule has 2 aliphatic rings. The Balaban J connectivity index is 0.000000704. The Labute approximate surface area is 120 Å². The van der Waals surface area contributed by atoms with E-state index in [1.165, 1.54) is 0 Å². The van der Waals surface area contributed by atoms with E-state index >= 15 is 0 Å². The number of hydrogen-bond donors (Lipinski definition) is 0. The number of piperidine rings is 1. The number of benzene rings is 1. The van der Waals surface area contributed by atoms with Crippen LogP contribution in [0.25, 0.3) is 0 Å². The van der Waals surface area contributed by atoms with Crippen LogP contribution in [0.1, 0.15) is 37.0 Å². The van der Waals surface area contributed by atoms with Gasteiger partial charge in [0, 0.05) is 37.2 Å². The summed E-state index contributed by atoms with van der Waals surface area (Å²) in [6, 6.07) is 7.71. The molecule has 3 rings (SSSR count). The Morgan fingerprint density at radius 2 is 1.60 bits per heavy atom. The molecule has 2 heterocycles. The van der Waals surface area contributed by atoms with Crippen LogP contribution in [0.4, 0.5) is 5.69 Å². The molecule has 4 nitrogen and oxygen atoms in total. The van der Waals surface area contributed by atoms with Crippen molar-refractivity contribution in [3.8, 4) is 0 Å². The molecule has 110 valence electrons. The quantitative estimate of drug-likeness (QED) is 0.779. The fraction of sp³-hybridized carbons (Fsp3) is 0.562. The minimum Gasteiger partial charge on any atom is -0.371 e. The second-order valence-corrected chi connectivity index (χ2v) is 4.80. The largest absolute Gasteiger partial charge is 0.371 e. The number of ether oxygens (including phenoxy) is 2. The van der Waals surface area contributed by atoms with Crippen molar-refractivity contribution in [2.24, 2.45) is 0 Å². The van der Waals surface area contributed by atoms with E-state index in [1.54, 1.807) is 0 Å². The number of anilines is 1. The number of aldehydes is 1.